The molecule has 0 heterocycles. The minimum absolute atomic E-state index is 0.0804. The van der Waals surface area contributed by atoms with E-state index in [2.05, 4.69) is 26.1 Å². The fourth-order valence-electron chi connectivity index (χ4n) is 2.14. The Bertz CT molecular complexity index is 214. The van der Waals surface area contributed by atoms with Crippen LogP contribution in [0.1, 0.15) is 46.5 Å². The monoisotopic (exact) mass is 212 g/mol. The number of amides is 2. The van der Waals surface area contributed by atoms with Crippen LogP contribution in [0.3, 0.4) is 0 Å². The Balaban J connectivity index is 2.32. The molecule has 88 valence electrons. The highest BCUT2D eigenvalue weighted by Gasteiger charge is 2.21. The van der Waals surface area contributed by atoms with Crippen molar-refractivity contribution in [3.8, 4) is 0 Å². The van der Waals surface area contributed by atoms with Crippen LogP contribution in [0.4, 0.5) is 4.79 Å². The van der Waals surface area contributed by atoms with Gasteiger partial charge in [-0.1, -0.05) is 33.6 Å². The molecule has 0 bridgehead atoms. The third-order valence-electron chi connectivity index (χ3n) is 2.74. The summed E-state index contributed by atoms with van der Waals surface area (Å²) in [7, 11) is 1.87. The zero-order valence-corrected chi connectivity index (χ0v) is 10.5. The van der Waals surface area contributed by atoms with E-state index in [0.29, 0.717) is 6.04 Å². The maximum atomic E-state index is 11.8. The maximum absolute atomic E-state index is 11.8. The van der Waals surface area contributed by atoms with Gasteiger partial charge in [0.05, 0.1) is 0 Å². The van der Waals surface area contributed by atoms with Crippen molar-refractivity contribution >= 4 is 6.03 Å². The van der Waals surface area contributed by atoms with Gasteiger partial charge in [-0.2, -0.15) is 0 Å². The summed E-state index contributed by atoms with van der Waals surface area (Å²) in [4.78, 5) is 13.6. The molecule has 0 aromatic carbocycles. The van der Waals surface area contributed by atoms with E-state index in [-0.39, 0.29) is 11.4 Å². The second-order valence-electron chi connectivity index (χ2n) is 5.85. The molecule has 2 amide bonds. The summed E-state index contributed by atoms with van der Waals surface area (Å²) in [5, 5.41) is 3.09. The summed E-state index contributed by atoms with van der Waals surface area (Å²) >= 11 is 0. The second kappa shape index (κ2) is 4.86. The van der Waals surface area contributed by atoms with E-state index in [0.717, 1.165) is 19.4 Å². The van der Waals surface area contributed by atoms with Crippen molar-refractivity contribution in [1.82, 2.24) is 10.2 Å². The molecule has 0 aromatic heterocycles. The van der Waals surface area contributed by atoms with Crippen LogP contribution in [0, 0.1) is 5.41 Å². The van der Waals surface area contributed by atoms with Crippen LogP contribution >= 0.6 is 0 Å². The molecule has 0 unspecified atom stereocenters. The van der Waals surface area contributed by atoms with Gasteiger partial charge in [0.2, 0.25) is 0 Å². The molecule has 15 heavy (non-hydrogen) atoms. The first kappa shape index (κ1) is 12.3. The summed E-state index contributed by atoms with van der Waals surface area (Å²) in [5.74, 6) is 0. The van der Waals surface area contributed by atoms with E-state index in [1.165, 1.54) is 12.8 Å². The van der Waals surface area contributed by atoms with Crippen molar-refractivity contribution in [3.63, 3.8) is 0 Å². The van der Waals surface area contributed by atoms with Gasteiger partial charge in [-0.15, -0.1) is 0 Å². The highest BCUT2D eigenvalue weighted by Crippen LogP contribution is 2.18. The lowest BCUT2D eigenvalue weighted by atomic mass is 9.96. The molecule has 0 radical (unpaired) electrons. The lowest BCUT2D eigenvalue weighted by Crippen LogP contribution is -2.44. The molecule has 0 spiro atoms. The lowest BCUT2D eigenvalue weighted by molar-refractivity contribution is 0.184. The first-order valence-electron chi connectivity index (χ1n) is 5.90. The largest absolute Gasteiger partial charge is 0.335 e. The van der Waals surface area contributed by atoms with Gasteiger partial charge < -0.3 is 10.2 Å². The van der Waals surface area contributed by atoms with E-state index in [1.807, 2.05) is 7.05 Å². The topological polar surface area (TPSA) is 32.3 Å². The number of carbonyl (C=O) groups is 1. The minimum atomic E-state index is 0.0804. The molecule has 0 aliphatic heterocycles. The fourth-order valence-corrected chi connectivity index (χ4v) is 2.14. The molecule has 1 saturated carbocycles. The summed E-state index contributed by atoms with van der Waals surface area (Å²) in [6, 6.07) is 0.497. The van der Waals surface area contributed by atoms with Gasteiger partial charge in [-0.25, -0.2) is 4.79 Å². The fraction of sp³-hybridized carbons (Fsp3) is 0.917. The van der Waals surface area contributed by atoms with Crippen molar-refractivity contribution < 1.29 is 4.79 Å². The predicted molar refractivity (Wildman–Crippen MR) is 62.9 cm³/mol. The summed E-state index contributed by atoms with van der Waals surface area (Å²) in [6.45, 7) is 7.23. The van der Waals surface area contributed by atoms with E-state index in [1.54, 1.807) is 4.90 Å². The van der Waals surface area contributed by atoms with Crippen molar-refractivity contribution in [2.45, 2.75) is 52.5 Å². The molecule has 1 aliphatic carbocycles. The molecule has 3 heteroatoms. The normalized spacial score (nSPS) is 17.9. The van der Waals surface area contributed by atoms with Crippen LogP contribution in [0.15, 0.2) is 0 Å². The van der Waals surface area contributed by atoms with E-state index < -0.39 is 0 Å². The average molecular weight is 212 g/mol. The zero-order chi connectivity index (χ0) is 11.5. The first-order chi connectivity index (χ1) is 6.88. The molecule has 0 atom stereocenters. The van der Waals surface area contributed by atoms with Gasteiger partial charge in [0, 0.05) is 19.6 Å². The van der Waals surface area contributed by atoms with Gasteiger partial charge in [0.15, 0.2) is 0 Å². The maximum Gasteiger partial charge on any atom is 0.317 e. The minimum Gasteiger partial charge on any atom is -0.335 e. The first-order valence-corrected chi connectivity index (χ1v) is 5.90. The molecule has 0 aromatic rings. The molecular weight excluding hydrogens is 188 g/mol. The van der Waals surface area contributed by atoms with Crippen molar-refractivity contribution in [1.29, 1.82) is 0 Å². The van der Waals surface area contributed by atoms with Gasteiger partial charge >= 0.3 is 6.03 Å². The molecule has 1 rings (SSSR count). The van der Waals surface area contributed by atoms with Crippen LogP contribution in [-0.4, -0.2) is 30.6 Å². The second-order valence-corrected chi connectivity index (χ2v) is 5.85. The van der Waals surface area contributed by atoms with Gasteiger partial charge in [-0.05, 0) is 18.3 Å². The highest BCUT2D eigenvalue weighted by molar-refractivity contribution is 5.74. The molecule has 3 nitrogen and oxygen atoms in total. The van der Waals surface area contributed by atoms with Gasteiger partial charge in [0.25, 0.3) is 0 Å². The molecule has 1 aliphatic rings. The average Bonchev–Trinajstić information content (AvgIpc) is 2.53. The number of nitrogens with one attached hydrogen (secondary N) is 1. The Labute approximate surface area is 93.2 Å². The Hall–Kier alpha value is -0.730. The number of urea groups is 1. The molecular formula is C12H24N2O. The number of nitrogens with zero attached hydrogens (tertiary/aromatic N) is 1. The summed E-state index contributed by atoms with van der Waals surface area (Å²) < 4.78 is 0. The Morgan fingerprint density at radius 3 is 2.33 bits per heavy atom. The van der Waals surface area contributed by atoms with Crippen LogP contribution in [0.2, 0.25) is 0 Å². The zero-order valence-electron chi connectivity index (χ0n) is 10.5. The summed E-state index contributed by atoms with van der Waals surface area (Å²) in [5.41, 5.74) is 0.168. The number of carbonyl (C=O) groups excluding carboxylic acids is 1. The molecule has 1 N–H and O–H groups in total. The van der Waals surface area contributed by atoms with Crippen molar-refractivity contribution in [2.75, 3.05) is 13.6 Å². The quantitative estimate of drug-likeness (QED) is 0.749. The Morgan fingerprint density at radius 1 is 1.33 bits per heavy atom. The number of hydrogen-bond acceptors (Lipinski definition) is 1. The van der Waals surface area contributed by atoms with Crippen molar-refractivity contribution in [3.05, 3.63) is 0 Å². The lowest BCUT2D eigenvalue weighted by Gasteiger charge is -2.27. The smallest absolute Gasteiger partial charge is 0.317 e. The molecule has 1 fully saturated rings. The van der Waals surface area contributed by atoms with Crippen LogP contribution in [0.5, 0.6) is 0 Å². The SMILES string of the molecule is CN(CC(C)(C)C)C(=O)NC1CCCC1. The Morgan fingerprint density at radius 2 is 1.87 bits per heavy atom. The van der Waals surface area contributed by atoms with E-state index >= 15 is 0 Å². The van der Waals surface area contributed by atoms with E-state index in [4.69, 9.17) is 0 Å². The van der Waals surface area contributed by atoms with Crippen LogP contribution < -0.4 is 5.32 Å². The molecule has 0 saturated heterocycles. The van der Waals surface area contributed by atoms with Crippen molar-refractivity contribution in [2.24, 2.45) is 5.41 Å². The number of rotatable bonds is 2. The van der Waals surface area contributed by atoms with Crippen LogP contribution in [0.25, 0.3) is 0 Å². The standard InChI is InChI=1S/C12H24N2O/c1-12(2,3)9-14(4)11(15)13-10-7-5-6-8-10/h10H,5-9H2,1-4H3,(H,13,15). The van der Waals surface area contributed by atoms with E-state index in [9.17, 15) is 4.79 Å². The third-order valence-corrected chi connectivity index (χ3v) is 2.74. The number of hydrogen-bond donors (Lipinski definition) is 1. The van der Waals surface area contributed by atoms with Gasteiger partial charge in [-0.3, -0.25) is 0 Å². The van der Waals surface area contributed by atoms with Crippen LogP contribution in [-0.2, 0) is 0 Å². The highest BCUT2D eigenvalue weighted by atomic mass is 16.2. The Kier molecular flexibility index (Phi) is 4.00. The predicted octanol–water partition coefficient (Wildman–Crippen LogP) is 2.62. The summed E-state index contributed by atoms with van der Waals surface area (Å²) in [6.07, 6.45) is 4.81. The third kappa shape index (κ3) is 4.54. The van der Waals surface area contributed by atoms with Gasteiger partial charge in [0.1, 0.15) is 0 Å².